The van der Waals surface area contributed by atoms with Crippen LogP contribution in [0, 0.1) is 12.8 Å². The maximum atomic E-state index is 9.15. The van der Waals surface area contributed by atoms with Crippen molar-refractivity contribution in [2.45, 2.75) is 19.9 Å². The monoisotopic (exact) mass is 263 g/mol. The molecule has 5 heteroatoms. The van der Waals surface area contributed by atoms with E-state index in [4.69, 9.17) is 16.0 Å². The molecule has 1 aromatic carbocycles. The van der Waals surface area contributed by atoms with Gasteiger partial charge in [-0.15, -0.1) is 0 Å². The Labute approximate surface area is 113 Å². The molecule has 1 heterocycles. The van der Waals surface area contributed by atoms with Crippen LogP contribution in [0.5, 0.6) is 0 Å². The van der Waals surface area contributed by atoms with Gasteiger partial charge in [0.25, 0.3) is 0 Å². The molecule has 0 amide bonds. The molecule has 1 atom stereocenters. The molecule has 0 saturated carbocycles. The van der Waals surface area contributed by atoms with Crippen molar-refractivity contribution in [1.82, 2.24) is 4.90 Å². The molecule has 4 N–H and O–H groups in total. The van der Waals surface area contributed by atoms with Gasteiger partial charge in [0.15, 0.2) is 5.84 Å². The van der Waals surface area contributed by atoms with Crippen LogP contribution in [0.1, 0.15) is 23.1 Å². The molecule has 1 aliphatic heterocycles. The number of hydrogen-bond acceptors (Lipinski definition) is 4. The van der Waals surface area contributed by atoms with Crippen LogP contribution < -0.4 is 5.73 Å². The van der Waals surface area contributed by atoms with E-state index >= 15 is 0 Å². The van der Waals surface area contributed by atoms with Gasteiger partial charge < -0.3 is 16.0 Å². The minimum absolute atomic E-state index is 0.135. The Balaban J connectivity index is 2.06. The number of likely N-dealkylation sites (tertiary alicyclic amines) is 1. The third-order valence-electron chi connectivity index (χ3n) is 3.77. The molecule has 19 heavy (non-hydrogen) atoms. The summed E-state index contributed by atoms with van der Waals surface area (Å²) in [6.45, 7) is 5.18. The molecule has 1 unspecified atom stereocenters. The molecular formula is C14H21N3O2. The van der Waals surface area contributed by atoms with Crippen molar-refractivity contribution in [3.8, 4) is 0 Å². The Morgan fingerprint density at radius 1 is 1.53 bits per heavy atom. The lowest BCUT2D eigenvalue weighted by Gasteiger charge is -2.17. The number of nitrogens with two attached hydrogens (primary N) is 1. The quantitative estimate of drug-likeness (QED) is 0.326. The minimum atomic E-state index is 0.135. The molecule has 104 valence electrons. The van der Waals surface area contributed by atoms with E-state index in [1.807, 2.05) is 25.1 Å². The molecule has 2 rings (SSSR count). The highest BCUT2D eigenvalue weighted by Gasteiger charge is 2.21. The molecule has 1 aliphatic rings. The molecule has 0 aliphatic carbocycles. The van der Waals surface area contributed by atoms with Crippen LogP contribution in [0.25, 0.3) is 0 Å². The van der Waals surface area contributed by atoms with Gasteiger partial charge in [0.1, 0.15) is 0 Å². The number of aryl methyl sites for hydroxylation is 1. The van der Waals surface area contributed by atoms with E-state index < -0.39 is 0 Å². The van der Waals surface area contributed by atoms with Gasteiger partial charge in [-0.1, -0.05) is 17.3 Å². The van der Waals surface area contributed by atoms with Crippen molar-refractivity contribution in [2.75, 3.05) is 19.7 Å². The second kappa shape index (κ2) is 6.04. The summed E-state index contributed by atoms with van der Waals surface area (Å²) < 4.78 is 0. The fourth-order valence-corrected chi connectivity index (χ4v) is 2.54. The first-order valence-corrected chi connectivity index (χ1v) is 6.54. The number of benzene rings is 1. The SMILES string of the molecule is Cc1cc(/C(N)=N/O)ccc1CN1CCC(CO)C1. The van der Waals surface area contributed by atoms with Crippen LogP contribution in [0.15, 0.2) is 23.4 Å². The second-order valence-electron chi connectivity index (χ2n) is 5.20. The van der Waals surface area contributed by atoms with E-state index in [-0.39, 0.29) is 12.4 Å². The van der Waals surface area contributed by atoms with Gasteiger partial charge >= 0.3 is 0 Å². The smallest absolute Gasteiger partial charge is 0.170 e. The van der Waals surface area contributed by atoms with E-state index in [0.29, 0.717) is 5.92 Å². The number of aliphatic hydroxyl groups excluding tert-OH is 1. The third-order valence-corrected chi connectivity index (χ3v) is 3.77. The minimum Gasteiger partial charge on any atom is -0.409 e. The number of rotatable bonds is 4. The molecule has 0 radical (unpaired) electrons. The predicted octanol–water partition coefficient (Wildman–Crippen LogP) is 0.904. The summed E-state index contributed by atoms with van der Waals surface area (Å²) in [4.78, 5) is 2.35. The second-order valence-corrected chi connectivity index (χ2v) is 5.20. The summed E-state index contributed by atoms with van der Waals surface area (Å²) in [7, 11) is 0. The summed E-state index contributed by atoms with van der Waals surface area (Å²) >= 11 is 0. The summed E-state index contributed by atoms with van der Waals surface area (Å²) in [6, 6.07) is 5.83. The van der Waals surface area contributed by atoms with Gasteiger partial charge in [0, 0.05) is 25.3 Å². The zero-order chi connectivity index (χ0) is 13.8. The average Bonchev–Trinajstić information content (AvgIpc) is 2.88. The fourth-order valence-electron chi connectivity index (χ4n) is 2.54. The molecule has 0 bridgehead atoms. The van der Waals surface area contributed by atoms with Crippen LogP contribution in [0.4, 0.5) is 0 Å². The van der Waals surface area contributed by atoms with E-state index in [0.717, 1.165) is 37.2 Å². The van der Waals surface area contributed by atoms with Crippen molar-refractivity contribution in [1.29, 1.82) is 0 Å². The molecular weight excluding hydrogens is 242 g/mol. The normalized spacial score (nSPS) is 20.9. The first kappa shape index (κ1) is 13.8. The van der Waals surface area contributed by atoms with Crippen LogP contribution in [-0.4, -0.2) is 40.7 Å². The highest BCUT2D eigenvalue weighted by molar-refractivity contribution is 5.97. The van der Waals surface area contributed by atoms with Gasteiger partial charge in [-0.25, -0.2) is 0 Å². The Morgan fingerprint density at radius 2 is 2.32 bits per heavy atom. The van der Waals surface area contributed by atoms with Crippen LogP contribution >= 0.6 is 0 Å². The summed E-state index contributed by atoms with van der Waals surface area (Å²) in [5.41, 5.74) is 8.69. The maximum absolute atomic E-state index is 9.15. The average molecular weight is 263 g/mol. The van der Waals surface area contributed by atoms with Gasteiger partial charge in [0.2, 0.25) is 0 Å². The number of amidine groups is 1. The zero-order valence-corrected chi connectivity index (χ0v) is 11.2. The Bertz CT molecular complexity index is 474. The molecule has 5 nitrogen and oxygen atoms in total. The number of oxime groups is 1. The van der Waals surface area contributed by atoms with Gasteiger partial charge in [-0.3, -0.25) is 4.90 Å². The van der Waals surface area contributed by atoms with E-state index in [2.05, 4.69) is 10.1 Å². The zero-order valence-electron chi connectivity index (χ0n) is 11.2. The standard InChI is InChI=1S/C14H21N3O2/c1-10-6-12(14(15)16-19)2-3-13(10)8-17-5-4-11(7-17)9-18/h2-3,6,11,18-19H,4-5,7-9H2,1H3,(H2,15,16). The van der Waals surface area contributed by atoms with E-state index in [1.54, 1.807) is 0 Å². The van der Waals surface area contributed by atoms with Crippen molar-refractivity contribution in [2.24, 2.45) is 16.8 Å². The number of nitrogens with zero attached hydrogens (tertiary/aromatic N) is 2. The first-order valence-electron chi connectivity index (χ1n) is 6.54. The lowest BCUT2D eigenvalue weighted by Crippen LogP contribution is -2.21. The molecule has 0 spiro atoms. The van der Waals surface area contributed by atoms with Crippen LogP contribution in [0.3, 0.4) is 0 Å². The molecule has 1 saturated heterocycles. The lowest BCUT2D eigenvalue weighted by molar-refractivity contribution is 0.220. The Hall–Kier alpha value is -1.59. The van der Waals surface area contributed by atoms with Crippen molar-refractivity contribution in [3.63, 3.8) is 0 Å². The topological polar surface area (TPSA) is 82.1 Å². The fraction of sp³-hybridized carbons (Fsp3) is 0.500. The molecule has 1 aromatic rings. The first-order chi connectivity index (χ1) is 9.13. The largest absolute Gasteiger partial charge is 0.409 e. The molecule has 0 aromatic heterocycles. The maximum Gasteiger partial charge on any atom is 0.170 e. The van der Waals surface area contributed by atoms with Crippen molar-refractivity contribution < 1.29 is 10.3 Å². The van der Waals surface area contributed by atoms with Gasteiger partial charge in [-0.05, 0) is 43.0 Å². The van der Waals surface area contributed by atoms with E-state index in [9.17, 15) is 0 Å². The van der Waals surface area contributed by atoms with Gasteiger partial charge in [0.05, 0.1) is 0 Å². The van der Waals surface area contributed by atoms with Crippen LogP contribution in [-0.2, 0) is 6.54 Å². The molecule has 1 fully saturated rings. The predicted molar refractivity (Wildman–Crippen MR) is 74.2 cm³/mol. The van der Waals surface area contributed by atoms with E-state index in [1.165, 1.54) is 5.56 Å². The summed E-state index contributed by atoms with van der Waals surface area (Å²) in [5, 5.41) is 20.8. The van der Waals surface area contributed by atoms with Crippen molar-refractivity contribution in [3.05, 3.63) is 34.9 Å². The Kier molecular flexibility index (Phi) is 4.39. The summed E-state index contributed by atoms with van der Waals surface area (Å²) in [5.74, 6) is 0.549. The third kappa shape index (κ3) is 3.24. The highest BCUT2D eigenvalue weighted by atomic mass is 16.4. The van der Waals surface area contributed by atoms with Crippen LogP contribution in [0.2, 0.25) is 0 Å². The Morgan fingerprint density at radius 3 is 2.89 bits per heavy atom. The summed E-state index contributed by atoms with van der Waals surface area (Å²) in [6.07, 6.45) is 1.07. The number of hydrogen-bond donors (Lipinski definition) is 3. The number of aliphatic hydroxyl groups is 1. The lowest BCUT2D eigenvalue weighted by atomic mass is 10.0. The van der Waals surface area contributed by atoms with Crippen molar-refractivity contribution >= 4 is 5.84 Å². The highest BCUT2D eigenvalue weighted by Crippen LogP contribution is 2.20. The van der Waals surface area contributed by atoms with Gasteiger partial charge in [-0.2, -0.15) is 0 Å².